The van der Waals surface area contributed by atoms with Gasteiger partial charge in [0.05, 0.1) is 18.6 Å². The van der Waals surface area contributed by atoms with Gasteiger partial charge in [0.1, 0.15) is 18.1 Å². The molecule has 0 heterocycles. The molecule has 38 heavy (non-hydrogen) atoms. The number of benzene rings is 2. The predicted molar refractivity (Wildman–Crippen MR) is 137 cm³/mol. The van der Waals surface area contributed by atoms with Crippen LogP contribution in [0.25, 0.3) is 0 Å². The zero-order valence-electron chi connectivity index (χ0n) is 20.9. The molecule has 2 aromatic carbocycles. The van der Waals surface area contributed by atoms with Gasteiger partial charge in [0.15, 0.2) is 0 Å². The van der Waals surface area contributed by atoms with E-state index in [0.29, 0.717) is 5.56 Å². The van der Waals surface area contributed by atoms with Gasteiger partial charge in [-0.25, -0.2) is 4.79 Å². The van der Waals surface area contributed by atoms with E-state index in [1.54, 1.807) is 54.6 Å². The van der Waals surface area contributed by atoms with Gasteiger partial charge in [-0.05, 0) is 24.5 Å². The number of aliphatic hydroxyl groups excluding tert-OH is 1. The van der Waals surface area contributed by atoms with E-state index in [-0.39, 0.29) is 12.8 Å². The number of amides is 4. The van der Waals surface area contributed by atoms with Gasteiger partial charge in [0.2, 0.25) is 23.6 Å². The summed E-state index contributed by atoms with van der Waals surface area (Å²) < 4.78 is 0. The molecule has 0 aliphatic heterocycles. The Bertz CT molecular complexity index is 1110. The number of aliphatic hydroxyl groups is 1. The molecule has 0 fully saturated rings. The van der Waals surface area contributed by atoms with E-state index < -0.39 is 66.3 Å². The van der Waals surface area contributed by atoms with Crippen LogP contribution in [0.15, 0.2) is 60.7 Å². The number of carbonyl (C=O) groups is 5. The Hall–Kier alpha value is -4.29. The van der Waals surface area contributed by atoms with E-state index >= 15 is 0 Å². The number of hydrogen-bond acceptors (Lipinski definition) is 7. The molecular formula is C26H33N5O7. The average molecular weight is 528 g/mol. The number of primary amides is 1. The Morgan fingerprint density at radius 1 is 0.763 bits per heavy atom. The average Bonchev–Trinajstić information content (AvgIpc) is 2.86. The molecule has 0 spiro atoms. The van der Waals surface area contributed by atoms with Crippen LogP contribution >= 0.6 is 0 Å². The smallest absolute Gasteiger partial charge is 0.326 e. The van der Waals surface area contributed by atoms with E-state index in [4.69, 9.17) is 11.5 Å². The van der Waals surface area contributed by atoms with E-state index in [0.717, 1.165) is 5.56 Å². The highest BCUT2D eigenvalue weighted by Crippen LogP contribution is 2.06. The van der Waals surface area contributed by atoms with Crippen molar-refractivity contribution in [2.45, 2.75) is 56.5 Å². The highest BCUT2D eigenvalue weighted by molar-refractivity contribution is 5.96. The minimum absolute atomic E-state index is 0.0508. The molecule has 4 amide bonds. The first-order valence-corrected chi connectivity index (χ1v) is 11.9. The number of carbonyl (C=O) groups excluding carboxylic acids is 4. The van der Waals surface area contributed by atoms with Crippen molar-refractivity contribution in [3.63, 3.8) is 0 Å². The van der Waals surface area contributed by atoms with Crippen molar-refractivity contribution >= 4 is 29.6 Å². The first kappa shape index (κ1) is 29.9. The highest BCUT2D eigenvalue weighted by Gasteiger charge is 2.33. The Morgan fingerprint density at radius 3 is 1.74 bits per heavy atom. The maximum absolute atomic E-state index is 12.9. The van der Waals surface area contributed by atoms with Crippen molar-refractivity contribution in [3.8, 4) is 0 Å². The van der Waals surface area contributed by atoms with Gasteiger partial charge in [0, 0.05) is 6.42 Å². The zero-order chi connectivity index (χ0) is 28.2. The Balaban J connectivity index is 2.10. The predicted octanol–water partition coefficient (Wildman–Crippen LogP) is -1.41. The molecule has 0 saturated carbocycles. The maximum atomic E-state index is 12.9. The van der Waals surface area contributed by atoms with Crippen molar-refractivity contribution in [2.75, 3.05) is 0 Å². The quantitative estimate of drug-likeness (QED) is 0.155. The zero-order valence-corrected chi connectivity index (χ0v) is 20.9. The summed E-state index contributed by atoms with van der Waals surface area (Å²) in [6, 6.07) is 12.0. The molecule has 0 aliphatic carbocycles. The normalized spacial score (nSPS) is 14.7. The van der Waals surface area contributed by atoms with Crippen molar-refractivity contribution in [1.29, 1.82) is 0 Å². The fraction of sp³-hybridized carbons (Fsp3) is 0.346. The van der Waals surface area contributed by atoms with Crippen LogP contribution in [-0.2, 0) is 36.8 Å². The first-order chi connectivity index (χ1) is 18.0. The summed E-state index contributed by atoms with van der Waals surface area (Å²) in [5, 5.41) is 26.6. The standard InChI is InChI=1S/C26H33N5O7/c1-15(32)22(31-23(34)18(27)12-16-8-4-2-5-9-16)25(36)29-19(14-21(28)33)24(35)30-20(26(37)38)13-17-10-6-3-7-11-17/h2-11,15,18-20,22,32H,12-14,27H2,1H3,(H2,28,33)(H,29,36)(H,30,35)(H,31,34)(H,37,38). The number of hydrogen-bond donors (Lipinski definition) is 7. The second kappa shape index (κ2) is 14.4. The third kappa shape index (κ3) is 9.64. The second-order valence-corrected chi connectivity index (χ2v) is 8.84. The number of nitrogens with two attached hydrogens (primary N) is 2. The van der Waals surface area contributed by atoms with Gasteiger partial charge in [-0.2, -0.15) is 0 Å². The van der Waals surface area contributed by atoms with Crippen LogP contribution < -0.4 is 27.4 Å². The number of carboxylic acid groups (broad SMARTS) is 1. The Labute approximate surface area is 219 Å². The van der Waals surface area contributed by atoms with Gasteiger partial charge < -0.3 is 37.6 Å². The molecular weight excluding hydrogens is 494 g/mol. The van der Waals surface area contributed by atoms with E-state index in [2.05, 4.69) is 16.0 Å². The molecule has 12 heteroatoms. The van der Waals surface area contributed by atoms with Gasteiger partial charge in [0.25, 0.3) is 0 Å². The van der Waals surface area contributed by atoms with Gasteiger partial charge in [-0.1, -0.05) is 60.7 Å². The molecule has 2 aromatic rings. The summed E-state index contributed by atoms with van der Waals surface area (Å²) in [6.07, 6.45) is -1.93. The van der Waals surface area contributed by atoms with Crippen molar-refractivity contribution in [1.82, 2.24) is 16.0 Å². The molecule has 0 saturated heterocycles. The lowest BCUT2D eigenvalue weighted by Crippen LogP contribution is -2.60. The summed E-state index contributed by atoms with van der Waals surface area (Å²) in [5.41, 5.74) is 12.6. The lowest BCUT2D eigenvalue weighted by molar-refractivity contribution is -0.142. The number of carboxylic acids is 1. The Morgan fingerprint density at radius 2 is 1.26 bits per heavy atom. The van der Waals surface area contributed by atoms with Crippen LogP contribution in [0.2, 0.25) is 0 Å². The molecule has 0 aromatic heterocycles. The minimum atomic E-state index is -1.56. The SMILES string of the molecule is CC(O)C(NC(=O)C(N)Cc1ccccc1)C(=O)NC(CC(N)=O)C(=O)NC(Cc1ccccc1)C(=O)O. The molecule has 2 rings (SSSR count). The minimum Gasteiger partial charge on any atom is -0.480 e. The lowest BCUT2D eigenvalue weighted by Gasteiger charge is -2.26. The number of aliphatic carboxylic acids is 1. The Kier molecular flexibility index (Phi) is 11.4. The number of rotatable bonds is 14. The van der Waals surface area contributed by atoms with Crippen molar-refractivity contribution in [2.24, 2.45) is 11.5 Å². The summed E-state index contributed by atoms with van der Waals surface area (Å²) in [6.45, 7) is 1.25. The second-order valence-electron chi connectivity index (χ2n) is 8.84. The summed E-state index contributed by atoms with van der Waals surface area (Å²) in [5.74, 6) is -4.95. The molecule has 204 valence electrons. The fourth-order valence-electron chi connectivity index (χ4n) is 3.62. The molecule has 12 nitrogen and oxygen atoms in total. The molecule has 0 bridgehead atoms. The molecule has 0 aliphatic rings. The lowest BCUT2D eigenvalue weighted by atomic mass is 10.0. The van der Waals surface area contributed by atoms with Crippen LogP contribution in [0.5, 0.6) is 0 Å². The van der Waals surface area contributed by atoms with E-state index in [1.165, 1.54) is 6.92 Å². The summed E-state index contributed by atoms with van der Waals surface area (Å²) in [4.78, 5) is 61.7. The third-order valence-corrected chi connectivity index (χ3v) is 5.63. The molecule has 9 N–H and O–H groups in total. The van der Waals surface area contributed by atoms with Crippen molar-refractivity contribution in [3.05, 3.63) is 71.8 Å². The van der Waals surface area contributed by atoms with Gasteiger partial charge in [-0.3, -0.25) is 19.2 Å². The van der Waals surface area contributed by atoms with Crippen LogP contribution in [0, 0.1) is 0 Å². The molecule has 5 unspecified atom stereocenters. The van der Waals surface area contributed by atoms with Crippen molar-refractivity contribution < 1.29 is 34.2 Å². The van der Waals surface area contributed by atoms with Crippen LogP contribution in [-0.4, -0.2) is 70.1 Å². The fourth-order valence-corrected chi connectivity index (χ4v) is 3.62. The first-order valence-electron chi connectivity index (χ1n) is 11.9. The van der Waals surface area contributed by atoms with Crippen LogP contribution in [0.1, 0.15) is 24.5 Å². The monoisotopic (exact) mass is 527 g/mol. The third-order valence-electron chi connectivity index (χ3n) is 5.63. The highest BCUT2D eigenvalue weighted by atomic mass is 16.4. The van der Waals surface area contributed by atoms with Crippen LogP contribution in [0.3, 0.4) is 0 Å². The topological polar surface area (TPSA) is 214 Å². The van der Waals surface area contributed by atoms with Crippen LogP contribution in [0.4, 0.5) is 0 Å². The number of nitrogens with one attached hydrogen (secondary N) is 3. The summed E-state index contributed by atoms with van der Waals surface area (Å²) in [7, 11) is 0. The molecule has 0 radical (unpaired) electrons. The largest absolute Gasteiger partial charge is 0.480 e. The van der Waals surface area contributed by atoms with E-state index in [9.17, 15) is 34.2 Å². The summed E-state index contributed by atoms with van der Waals surface area (Å²) >= 11 is 0. The maximum Gasteiger partial charge on any atom is 0.326 e. The van der Waals surface area contributed by atoms with E-state index in [1.807, 2.05) is 6.07 Å². The van der Waals surface area contributed by atoms with Gasteiger partial charge in [-0.15, -0.1) is 0 Å². The molecule has 5 atom stereocenters. The van der Waals surface area contributed by atoms with Gasteiger partial charge >= 0.3 is 5.97 Å².